The number of carbonyl (C=O) groups is 2. The topological polar surface area (TPSA) is 79.3 Å². The van der Waals surface area contributed by atoms with E-state index in [1.807, 2.05) is 74.4 Å². The number of carboxylic acids is 1. The lowest BCUT2D eigenvalue weighted by molar-refractivity contribution is 0.0224. The number of ether oxygens (including phenoxy) is 2. The van der Waals surface area contributed by atoms with E-state index in [-0.39, 0.29) is 11.1 Å². The third kappa shape index (κ3) is 2.67. The van der Waals surface area contributed by atoms with Crippen LogP contribution in [0.2, 0.25) is 0 Å². The molecule has 0 bridgehead atoms. The standard InChI is InChI=1S/C25H22N2O5/c1-26(2)15-6-9-19-21(12-15)31-22-13-16(27(3)4)7-10-20(22)25(19)18-8-5-14(23(28)29)11-17(18)24(30)32-25/h5-13H,1-4H3,(H,28,29). The number of hydrogen-bond donors (Lipinski definition) is 1. The van der Waals surface area contributed by atoms with Crippen LogP contribution in [0.15, 0.2) is 54.6 Å². The van der Waals surface area contributed by atoms with Crippen molar-refractivity contribution in [1.29, 1.82) is 0 Å². The Hall–Kier alpha value is -4.00. The largest absolute Gasteiger partial charge is 0.478 e. The average Bonchev–Trinajstić information content (AvgIpc) is 3.05. The lowest BCUT2D eigenvalue weighted by atomic mass is 9.77. The summed E-state index contributed by atoms with van der Waals surface area (Å²) in [6.45, 7) is 0. The van der Waals surface area contributed by atoms with E-state index in [9.17, 15) is 14.7 Å². The Labute approximate surface area is 185 Å². The van der Waals surface area contributed by atoms with Crippen molar-refractivity contribution in [3.05, 3.63) is 82.4 Å². The summed E-state index contributed by atoms with van der Waals surface area (Å²) in [5, 5.41) is 9.40. The summed E-state index contributed by atoms with van der Waals surface area (Å²) in [5.41, 5.74) is 2.95. The lowest BCUT2D eigenvalue weighted by Gasteiger charge is -2.37. The molecule has 0 aromatic heterocycles. The first kappa shape index (κ1) is 19.9. The zero-order valence-corrected chi connectivity index (χ0v) is 18.2. The molecular formula is C25H22N2O5. The zero-order chi connectivity index (χ0) is 22.8. The lowest BCUT2D eigenvalue weighted by Crippen LogP contribution is -2.33. The molecule has 32 heavy (non-hydrogen) atoms. The molecule has 162 valence electrons. The molecule has 7 heteroatoms. The normalized spacial score (nSPS) is 14.7. The van der Waals surface area contributed by atoms with Crippen molar-refractivity contribution in [3.63, 3.8) is 0 Å². The van der Waals surface area contributed by atoms with Gasteiger partial charge in [-0.05, 0) is 36.4 Å². The summed E-state index contributed by atoms with van der Waals surface area (Å²) in [6, 6.07) is 16.1. The summed E-state index contributed by atoms with van der Waals surface area (Å²) in [6.07, 6.45) is 0. The highest BCUT2D eigenvalue weighted by molar-refractivity contribution is 6.00. The highest BCUT2D eigenvalue weighted by Gasteiger charge is 2.53. The molecule has 0 saturated heterocycles. The van der Waals surface area contributed by atoms with Gasteiger partial charge in [-0.3, -0.25) is 0 Å². The number of aromatic carboxylic acids is 1. The van der Waals surface area contributed by atoms with Gasteiger partial charge in [-0.2, -0.15) is 0 Å². The average molecular weight is 430 g/mol. The van der Waals surface area contributed by atoms with Gasteiger partial charge >= 0.3 is 11.9 Å². The van der Waals surface area contributed by atoms with Crippen molar-refractivity contribution in [2.24, 2.45) is 0 Å². The summed E-state index contributed by atoms with van der Waals surface area (Å²) in [7, 11) is 7.76. The minimum atomic E-state index is -1.22. The molecule has 3 aromatic carbocycles. The molecule has 2 aliphatic heterocycles. The SMILES string of the molecule is CN(C)c1ccc2c(c1)Oc1cc(N(C)C)ccc1C21OC(=O)c2cc(C(=O)O)ccc21. The molecule has 2 aliphatic rings. The number of carboxylic acid groups (broad SMARTS) is 1. The van der Waals surface area contributed by atoms with E-state index < -0.39 is 17.5 Å². The highest BCUT2D eigenvalue weighted by Crippen LogP contribution is 2.57. The fraction of sp³-hybridized carbons (Fsp3) is 0.200. The van der Waals surface area contributed by atoms with Gasteiger partial charge in [0, 0.05) is 68.4 Å². The molecule has 5 rings (SSSR count). The molecule has 0 fully saturated rings. The van der Waals surface area contributed by atoms with E-state index in [1.54, 1.807) is 6.07 Å². The van der Waals surface area contributed by atoms with Crippen LogP contribution < -0.4 is 14.5 Å². The number of rotatable bonds is 3. The maximum absolute atomic E-state index is 13.0. The number of esters is 1. The Balaban J connectivity index is 1.82. The Morgan fingerprint density at radius 3 is 1.84 bits per heavy atom. The second-order valence-electron chi connectivity index (χ2n) is 8.39. The van der Waals surface area contributed by atoms with Gasteiger partial charge in [-0.25, -0.2) is 9.59 Å². The van der Waals surface area contributed by atoms with Gasteiger partial charge in [0.1, 0.15) is 11.5 Å². The minimum absolute atomic E-state index is 0.0381. The zero-order valence-electron chi connectivity index (χ0n) is 18.2. The van der Waals surface area contributed by atoms with E-state index in [0.717, 1.165) is 11.4 Å². The van der Waals surface area contributed by atoms with Crippen molar-refractivity contribution in [2.75, 3.05) is 38.0 Å². The van der Waals surface area contributed by atoms with Crippen molar-refractivity contribution in [1.82, 2.24) is 0 Å². The van der Waals surface area contributed by atoms with Crippen molar-refractivity contribution in [2.45, 2.75) is 5.60 Å². The molecule has 0 atom stereocenters. The smallest absolute Gasteiger partial charge is 0.340 e. The monoisotopic (exact) mass is 430 g/mol. The molecule has 0 saturated carbocycles. The first-order chi connectivity index (χ1) is 15.2. The number of carbonyl (C=O) groups excluding carboxylic acids is 1. The third-order valence-corrected chi connectivity index (χ3v) is 6.05. The molecule has 0 aliphatic carbocycles. The second kappa shape index (κ2) is 6.75. The maximum Gasteiger partial charge on any atom is 0.340 e. The fourth-order valence-electron chi connectivity index (χ4n) is 4.39. The van der Waals surface area contributed by atoms with Crippen LogP contribution in [0.1, 0.15) is 37.4 Å². The molecule has 0 amide bonds. The summed E-state index contributed by atoms with van der Waals surface area (Å²) >= 11 is 0. The van der Waals surface area contributed by atoms with Gasteiger partial charge in [0.15, 0.2) is 5.60 Å². The van der Waals surface area contributed by atoms with Crippen LogP contribution in [0.25, 0.3) is 0 Å². The number of nitrogens with zero attached hydrogens (tertiary/aromatic N) is 2. The molecule has 0 radical (unpaired) electrons. The molecular weight excluding hydrogens is 408 g/mol. The predicted molar refractivity (Wildman–Crippen MR) is 120 cm³/mol. The third-order valence-electron chi connectivity index (χ3n) is 6.05. The first-order valence-corrected chi connectivity index (χ1v) is 10.1. The van der Waals surface area contributed by atoms with Crippen LogP contribution in [-0.2, 0) is 10.3 Å². The van der Waals surface area contributed by atoms with Crippen LogP contribution in [0.5, 0.6) is 11.5 Å². The summed E-state index contributed by atoms with van der Waals surface area (Å²) in [4.78, 5) is 28.4. The van der Waals surface area contributed by atoms with Gasteiger partial charge in [0.2, 0.25) is 0 Å². The molecule has 1 N–H and O–H groups in total. The first-order valence-electron chi connectivity index (χ1n) is 10.1. The number of benzene rings is 3. The van der Waals surface area contributed by atoms with Gasteiger partial charge in [-0.1, -0.05) is 6.07 Å². The maximum atomic E-state index is 13.0. The Morgan fingerprint density at radius 2 is 1.34 bits per heavy atom. The molecule has 3 aromatic rings. The van der Waals surface area contributed by atoms with Gasteiger partial charge in [0.05, 0.1) is 11.1 Å². The van der Waals surface area contributed by atoms with E-state index >= 15 is 0 Å². The molecule has 0 unspecified atom stereocenters. The van der Waals surface area contributed by atoms with Gasteiger partial charge in [-0.15, -0.1) is 0 Å². The fourth-order valence-corrected chi connectivity index (χ4v) is 4.39. The Bertz CT molecular complexity index is 1240. The Kier molecular flexibility index (Phi) is 4.20. The van der Waals surface area contributed by atoms with Crippen LogP contribution in [0.3, 0.4) is 0 Å². The van der Waals surface area contributed by atoms with E-state index in [4.69, 9.17) is 9.47 Å². The van der Waals surface area contributed by atoms with Crippen molar-refractivity contribution < 1.29 is 24.2 Å². The summed E-state index contributed by atoms with van der Waals surface area (Å²) < 4.78 is 12.4. The van der Waals surface area contributed by atoms with E-state index in [1.165, 1.54) is 12.1 Å². The predicted octanol–water partition coefficient (Wildman–Crippen LogP) is 4.08. The van der Waals surface area contributed by atoms with Crippen LogP contribution in [0.4, 0.5) is 11.4 Å². The molecule has 1 spiro atoms. The van der Waals surface area contributed by atoms with Gasteiger partial charge < -0.3 is 24.4 Å². The van der Waals surface area contributed by atoms with Crippen LogP contribution >= 0.6 is 0 Å². The summed E-state index contributed by atoms with van der Waals surface area (Å²) in [5.74, 6) is -0.485. The van der Waals surface area contributed by atoms with E-state index in [0.29, 0.717) is 28.2 Å². The van der Waals surface area contributed by atoms with Gasteiger partial charge in [0.25, 0.3) is 0 Å². The number of hydrogen-bond acceptors (Lipinski definition) is 6. The quantitative estimate of drug-likeness (QED) is 0.627. The minimum Gasteiger partial charge on any atom is -0.478 e. The second-order valence-corrected chi connectivity index (χ2v) is 8.39. The Morgan fingerprint density at radius 1 is 0.812 bits per heavy atom. The van der Waals surface area contributed by atoms with Crippen molar-refractivity contribution in [3.8, 4) is 11.5 Å². The highest BCUT2D eigenvalue weighted by atomic mass is 16.6. The van der Waals surface area contributed by atoms with Crippen LogP contribution in [-0.4, -0.2) is 45.2 Å². The van der Waals surface area contributed by atoms with E-state index in [2.05, 4.69) is 0 Å². The van der Waals surface area contributed by atoms with Crippen LogP contribution in [0, 0.1) is 0 Å². The number of anilines is 2. The number of fused-ring (bicyclic) bond motifs is 6. The molecule has 2 heterocycles. The molecule has 7 nitrogen and oxygen atoms in total. The van der Waals surface area contributed by atoms with Crippen molar-refractivity contribution >= 4 is 23.3 Å².